The number of anilines is 1. The van der Waals surface area contributed by atoms with Crippen molar-refractivity contribution in [3.63, 3.8) is 0 Å². The Morgan fingerprint density at radius 1 is 1.13 bits per heavy atom. The van der Waals surface area contributed by atoms with Gasteiger partial charge in [0, 0.05) is 24.0 Å². The highest BCUT2D eigenvalue weighted by Gasteiger charge is 2.16. The van der Waals surface area contributed by atoms with E-state index in [1.807, 2.05) is 11.3 Å². The van der Waals surface area contributed by atoms with Gasteiger partial charge in [0.2, 0.25) is 0 Å². The van der Waals surface area contributed by atoms with Gasteiger partial charge in [0.1, 0.15) is 0 Å². The van der Waals surface area contributed by atoms with Crippen LogP contribution in [0.5, 0.6) is 0 Å². The van der Waals surface area contributed by atoms with E-state index in [1.54, 1.807) is 0 Å². The van der Waals surface area contributed by atoms with E-state index in [-0.39, 0.29) is 0 Å². The minimum Gasteiger partial charge on any atom is -0.369 e. The largest absolute Gasteiger partial charge is 0.369 e. The second-order valence-corrected chi connectivity index (χ2v) is 5.03. The van der Waals surface area contributed by atoms with Gasteiger partial charge in [0.15, 0.2) is 0 Å². The van der Waals surface area contributed by atoms with Crippen LogP contribution in [0.25, 0.3) is 0 Å². The van der Waals surface area contributed by atoms with E-state index in [0.29, 0.717) is 0 Å². The van der Waals surface area contributed by atoms with Crippen LogP contribution in [-0.4, -0.2) is 7.05 Å². The van der Waals surface area contributed by atoms with E-state index < -0.39 is 0 Å². The zero-order valence-electron chi connectivity index (χ0n) is 8.73. The number of hydrogen-bond acceptors (Lipinski definition) is 2. The normalized spacial score (nSPS) is 14.3. The second kappa shape index (κ2) is 3.38. The molecule has 0 radical (unpaired) electrons. The molecule has 76 valence electrons. The topological polar surface area (TPSA) is 3.24 Å². The van der Waals surface area contributed by atoms with Crippen molar-refractivity contribution in [3.8, 4) is 0 Å². The van der Waals surface area contributed by atoms with Gasteiger partial charge in [-0.05, 0) is 28.6 Å². The van der Waals surface area contributed by atoms with Gasteiger partial charge in [0.25, 0.3) is 0 Å². The Morgan fingerprint density at radius 3 is 2.93 bits per heavy atom. The minimum atomic E-state index is 1.05. The Bertz CT molecular complexity index is 487. The van der Waals surface area contributed by atoms with Crippen molar-refractivity contribution in [2.75, 3.05) is 11.9 Å². The summed E-state index contributed by atoms with van der Waals surface area (Å²) >= 11 is 1.87. The highest BCUT2D eigenvalue weighted by atomic mass is 32.1. The predicted molar refractivity (Wildman–Crippen MR) is 65.7 cm³/mol. The van der Waals surface area contributed by atoms with Crippen LogP contribution in [0.2, 0.25) is 0 Å². The third-order valence-electron chi connectivity index (χ3n) is 3.00. The summed E-state index contributed by atoms with van der Waals surface area (Å²) in [6.45, 7) is 1.05. The van der Waals surface area contributed by atoms with E-state index >= 15 is 0 Å². The lowest BCUT2D eigenvalue weighted by Crippen LogP contribution is -2.15. The SMILES string of the molecule is CN1Cc2sccc2Cc2ccccc21. The van der Waals surface area contributed by atoms with E-state index in [4.69, 9.17) is 0 Å². The monoisotopic (exact) mass is 215 g/mol. The molecule has 0 N–H and O–H groups in total. The van der Waals surface area contributed by atoms with Crippen molar-refractivity contribution >= 4 is 17.0 Å². The fraction of sp³-hybridized carbons (Fsp3) is 0.231. The first-order valence-corrected chi connectivity index (χ1v) is 6.07. The molecule has 0 bridgehead atoms. The average Bonchev–Trinajstić information content (AvgIpc) is 2.61. The Hall–Kier alpha value is -1.28. The molecule has 1 aliphatic rings. The lowest BCUT2D eigenvalue weighted by Gasteiger charge is -2.18. The maximum absolute atomic E-state index is 2.34. The number of thiophene rings is 1. The molecule has 2 heterocycles. The van der Waals surface area contributed by atoms with Crippen molar-refractivity contribution in [2.24, 2.45) is 0 Å². The van der Waals surface area contributed by atoms with E-state index in [0.717, 1.165) is 13.0 Å². The second-order valence-electron chi connectivity index (χ2n) is 4.03. The fourth-order valence-corrected chi connectivity index (χ4v) is 3.16. The Labute approximate surface area is 94.0 Å². The molecule has 0 fully saturated rings. The summed E-state index contributed by atoms with van der Waals surface area (Å²) in [5.74, 6) is 0. The van der Waals surface area contributed by atoms with Crippen molar-refractivity contribution < 1.29 is 0 Å². The van der Waals surface area contributed by atoms with E-state index in [1.165, 1.54) is 21.7 Å². The molecule has 3 rings (SSSR count). The van der Waals surface area contributed by atoms with Gasteiger partial charge in [-0.1, -0.05) is 18.2 Å². The highest BCUT2D eigenvalue weighted by molar-refractivity contribution is 7.10. The molecule has 2 aromatic rings. The number of para-hydroxylation sites is 1. The zero-order chi connectivity index (χ0) is 10.3. The first-order valence-electron chi connectivity index (χ1n) is 5.19. The molecule has 0 saturated carbocycles. The lowest BCUT2D eigenvalue weighted by atomic mass is 10.1. The van der Waals surface area contributed by atoms with Crippen molar-refractivity contribution in [3.05, 3.63) is 51.7 Å². The van der Waals surface area contributed by atoms with Crippen LogP contribution in [0.15, 0.2) is 35.7 Å². The molecular formula is C13H13NS. The third kappa shape index (κ3) is 1.45. The van der Waals surface area contributed by atoms with Crippen LogP contribution < -0.4 is 4.90 Å². The average molecular weight is 215 g/mol. The summed E-state index contributed by atoms with van der Waals surface area (Å²) in [6, 6.07) is 11.0. The van der Waals surface area contributed by atoms with Gasteiger partial charge in [-0.2, -0.15) is 0 Å². The molecule has 1 aromatic heterocycles. The zero-order valence-corrected chi connectivity index (χ0v) is 9.55. The smallest absolute Gasteiger partial charge is 0.0522 e. The van der Waals surface area contributed by atoms with Crippen molar-refractivity contribution in [1.29, 1.82) is 0 Å². The van der Waals surface area contributed by atoms with Crippen LogP contribution in [0.1, 0.15) is 16.0 Å². The maximum Gasteiger partial charge on any atom is 0.0522 e. The van der Waals surface area contributed by atoms with Gasteiger partial charge in [-0.3, -0.25) is 0 Å². The van der Waals surface area contributed by atoms with Crippen LogP contribution >= 0.6 is 11.3 Å². The molecule has 0 atom stereocenters. The maximum atomic E-state index is 2.34. The fourth-order valence-electron chi connectivity index (χ4n) is 2.20. The molecule has 0 saturated heterocycles. The standard InChI is InChI=1S/C13H13NS/c1-14-9-13-11(6-7-15-13)8-10-4-2-3-5-12(10)14/h2-7H,8-9H2,1H3. The molecule has 0 spiro atoms. The third-order valence-corrected chi connectivity index (χ3v) is 3.95. The summed E-state index contributed by atoms with van der Waals surface area (Å²) in [6.07, 6.45) is 1.08. The molecule has 1 nitrogen and oxygen atoms in total. The Morgan fingerprint density at radius 2 is 2.00 bits per heavy atom. The quantitative estimate of drug-likeness (QED) is 0.652. The summed E-state index contributed by atoms with van der Waals surface area (Å²) in [4.78, 5) is 3.85. The summed E-state index contributed by atoms with van der Waals surface area (Å²) in [5.41, 5.74) is 4.31. The lowest BCUT2D eigenvalue weighted by molar-refractivity contribution is 0.943. The minimum absolute atomic E-state index is 1.05. The number of fused-ring (bicyclic) bond motifs is 2. The first-order chi connectivity index (χ1) is 7.34. The molecule has 1 aromatic carbocycles. The molecule has 0 unspecified atom stereocenters. The molecule has 15 heavy (non-hydrogen) atoms. The van der Waals surface area contributed by atoms with Gasteiger partial charge < -0.3 is 4.90 Å². The number of nitrogens with zero attached hydrogens (tertiary/aromatic N) is 1. The molecular weight excluding hydrogens is 202 g/mol. The van der Waals surface area contributed by atoms with Gasteiger partial charge >= 0.3 is 0 Å². The van der Waals surface area contributed by atoms with Gasteiger partial charge in [-0.15, -0.1) is 11.3 Å². The summed E-state index contributed by atoms with van der Waals surface area (Å²) in [7, 11) is 2.17. The summed E-state index contributed by atoms with van der Waals surface area (Å²) in [5, 5.41) is 2.20. The molecule has 0 aliphatic carbocycles. The highest BCUT2D eigenvalue weighted by Crippen LogP contribution is 2.31. The molecule has 0 amide bonds. The molecule has 2 heteroatoms. The predicted octanol–water partition coefficient (Wildman–Crippen LogP) is 3.29. The first kappa shape index (κ1) is 8.98. The Balaban J connectivity index is 2.14. The van der Waals surface area contributed by atoms with Crippen LogP contribution in [0.3, 0.4) is 0 Å². The number of rotatable bonds is 0. The van der Waals surface area contributed by atoms with E-state index in [2.05, 4.69) is 47.7 Å². The van der Waals surface area contributed by atoms with Crippen molar-refractivity contribution in [2.45, 2.75) is 13.0 Å². The van der Waals surface area contributed by atoms with Crippen LogP contribution in [0, 0.1) is 0 Å². The molecule has 1 aliphatic heterocycles. The number of benzene rings is 1. The van der Waals surface area contributed by atoms with Crippen LogP contribution in [0.4, 0.5) is 5.69 Å². The van der Waals surface area contributed by atoms with E-state index in [9.17, 15) is 0 Å². The summed E-state index contributed by atoms with van der Waals surface area (Å²) < 4.78 is 0. The van der Waals surface area contributed by atoms with Crippen molar-refractivity contribution in [1.82, 2.24) is 0 Å². The van der Waals surface area contributed by atoms with Gasteiger partial charge in [0.05, 0.1) is 6.54 Å². The van der Waals surface area contributed by atoms with Crippen LogP contribution in [-0.2, 0) is 13.0 Å². The van der Waals surface area contributed by atoms with Gasteiger partial charge in [-0.25, -0.2) is 0 Å². The Kier molecular flexibility index (Phi) is 2.03. The number of hydrogen-bond donors (Lipinski definition) is 0.